The molecule has 5 heteroatoms. The Morgan fingerprint density at radius 1 is 1.12 bits per heavy atom. The van der Waals surface area contributed by atoms with Crippen molar-refractivity contribution in [2.45, 2.75) is 12.1 Å². The van der Waals surface area contributed by atoms with E-state index in [-0.39, 0.29) is 13.6 Å². The van der Waals surface area contributed by atoms with Gasteiger partial charge in [0, 0.05) is 5.56 Å². The zero-order valence-electron chi connectivity index (χ0n) is 8.84. The van der Waals surface area contributed by atoms with Crippen molar-refractivity contribution < 1.29 is 23.7 Å². The molecule has 2 saturated heterocycles. The van der Waals surface area contributed by atoms with Gasteiger partial charge in [0.2, 0.25) is 6.29 Å². The van der Waals surface area contributed by atoms with Crippen molar-refractivity contribution in [3.05, 3.63) is 29.8 Å². The summed E-state index contributed by atoms with van der Waals surface area (Å²) in [5.74, 6) is -0.124. The summed E-state index contributed by atoms with van der Waals surface area (Å²) < 4.78 is 26.7. The summed E-state index contributed by atoms with van der Waals surface area (Å²) in [6.45, 7) is 0.355. The number of ether oxygens (including phenoxy) is 5. The van der Waals surface area contributed by atoms with Gasteiger partial charge < -0.3 is 23.7 Å². The van der Waals surface area contributed by atoms with Crippen LogP contribution in [0.3, 0.4) is 0 Å². The summed E-state index contributed by atoms with van der Waals surface area (Å²) in [6.07, 6.45) is -0.485. The maximum Gasteiger partial charge on any atom is 0.252 e. The average molecular weight is 224 g/mol. The van der Waals surface area contributed by atoms with Gasteiger partial charge in [-0.1, -0.05) is 0 Å². The van der Waals surface area contributed by atoms with E-state index in [1.165, 1.54) is 0 Å². The molecule has 2 fully saturated rings. The Hall–Kier alpha value is -1.14. The molecule has 0 unspecified atom stereocenters. The molecule has 0 radical (unpaired) electrons. The molecule has 0 aliphatic carbocycles. The summed E-state index contributed by atoms with van der Waals surface area (Å²) in [5.41, 5.74) is 0.869. The minimum absolute atomic E-state index is 0.177. The van der Waals surface area contributed by atoms with Crippen molar-refractivity contribution in [2.24, 2.45) is 0 Å². The van der Waals surface area contributed by atoms with E-state index in [0.717, 1.165) is 11.3 Å². The molecule has 0 N–H and O–H groups in total. The second kappa shape index (κ2) is 3.71. The van der Waals surface area contributed by atoms with Crippen LogP contribution in [0.25, 0.3) is 0 Å². The zero-order chi connectivity index (χ0) is 11.0. The van der Waals surface area contributed by atoms with Crippen LogP contribution in [0.2, 0.25) is 0 Å². The Kier molecular flexibility index (Phi) is 2.33. The van der Waals surface area contributed by atoms with Gasteiger partial charge in [0.25, 0.3) is 5.79 Å². The monoisotopic (exact) mass is 224 g/mol. The predicted molar refractivity (Wildman–Crippen MR) is 52.5 cm³/mol. The fourth-order valence-electron chi connectivity index (χ4n) is 1.94. The maximum absolute atomic E-state index is 5.51. The van der Waals surface area contributed by atoms with Crippen LogP contribution in [-0.2, 0) is 24.7 Å². The molecule has 0 atom stereocenters. The van der Waals surface area contributed by atoms with Gasteiger partial charge in [0.05, 0.1) is 7.11 Å². The van der Waals surface area contributed by atoms with Gasteiger partial charge in [-0.05, 0) is 24.3 Å². The van der Waals surface area contributed by atoms with E-state index in [4.69, 9.17) is 23.7 Å². The van der Waals surface area contributed by atoms with Crippen LogP contribution in [0.4, 0.5) is 0 Å². The third-order valence-electron chi connectivity index (χ3n) is 2.79. The minimum atomic E-state index is -0.910. The van der Waals surface area contributed by atoms with E-state index in [0.29, 0.717) is 0 Å². The lowest BCUT2D eigenvalue weighted by atomic mass is 10.1. The van der Waals surface area contributed by atoms with Gasteiger partial charge >= 0.3 is 0 Å². The van der Waals surface area contributed by atoms with E-state index in [1.54, 1.807) is 7.11 Å². The number of rotatable bonds is 2. The van der Waals surface area contributed by atoms with Gasteiger partial charge in [0.15, 0.2) is 13.6 Å². The van der Waals surface area contributed by atoms with Crippen molar-refractivity contribution in [1.82, 2.24) is 0 Å². The van der Waals surface area contributed by atoms with E-state index in [2.05, 4.69) is 0 Å². The number of fused-ring (bicyclic) bond motifs is 1. The molecule has 0 spiro atoms. The molecule has 1 aromatic carbocycles. The topological polar surface area (TPSA) is 46.2 Å². The smallest absolute Gasteiger partial charge is 0.252 e. The number of hydrogen-bond acceptors (Lipinski definition) is 5. The molecule has 1 aromatic rings. The molecule has 16 heavy (non-hydrogen) atoms. The van der Waals surface area contributed by atoms with Crippen LogP contribution in [0, 0.1) is 0 Å². The molecule has 0 aromatic heterocycles. The van der Waals surface area contributed by atoms with Crippen LogP contribution in [0.5, 0.6) is 5.75 Å². The molecular formula is C11H12O5. The second-order valence-corrected chi connectivity index (χ2v) is 3.59. The SMILES string of the molecule is COc1ccc(C23OCOC2OCO3)cc1. The van der Waals surface area contributed by atoms with E-state index in [9.17, 15) is 0 Å². The molecule has 3 rings (SSSR count). The Bertz CT molecular complexity index is 364. The quantitative estimate of drug-likeness (QED) is 0.755. The number of benzene rings is 1. The largest absolute Gasteiger partial charge is 0.497 e. The lowest BCUT2D eigenvalue weighted by Crippen LogP contribution is -2.33. The molecular weight excluding hydrogens is 212 g/mol. The number of methoxy groups -OCH3 is 1. The summed E-state index contributed by atoms with van der Waals surface area (Å²) in [5, 5.41) is 0. The van der Waals surface area contributed by atoms with Crippen molar-refractivity contribution >= 4 is 0 Å². The molecule has 2 aliphatic rings. The fraction of sp³-hybridized carbons (Fsp3) is 0.455. The van der Waals surface area contributed by atoms with Gasteiger partial charge in [-0.3, -0.25) is 0 Å². The zero-order valence-corrected chi connectivity index (χ0v) is 8.84. The molecule has 0 bridgehead atoms. The first kappa shape index (κ1) is 10.0. The molecule has 5 nitrogen and oxygen atoms in total. The first-order valence-corrected chi connectivity index (χ1v) is 5.01. The first-order valence-electron chi connectivity index (χ1n) is 5.01. The molecule has 0 saturated carbocycles. The maximum atomic E-state index is 5.51. The van der Waals surface area contributed by atoms with E-state index >= 15 is 0 Å². The van der Waals surface area contributed by atoms with Crippen molar-refractivity contribution in [1.29, 1.82) is 0 Å². The van der Waals surface area contributed by atoms with Gasteiger partial charge in [-0.25, -0.2) is 0 Å². The summed E-state index contributed by atoms with van der Waals surface area (Å²) in [6, 6.07) is 7.47. The van der Waals surface area contributed by atoms with Crippen LogP contribution in [0.15, 0.2) is 24.3 Å². The van der Waals surface area contributed by atoms with Crippen LogP contribution in [-0.4, -0.2) is 27.0 Å². The van der Waals surface area contributed by atoms with Gasteiger partial charge in [0.1, 0.15) is 5.75 Å². The normalized spacial score (nSPS) is 32.7. The van der Waals surface area contributed by atoms with E-state index < -0.39 is 12.1 Å². The first-order chi connectivity index (χ1) is 7.85. The van der Waals surface area contributed by atoms with Crippen molar-refractivity contribution in [2.75, 3.05) is 20.7 Å². The Labute approximate surface area is 92.8 Å². The number of hydrogen-bond donors (Lipinski definition) is 0. The highest BCUT2D eigenvalue weighted by Crippen LogP contribution is 2.42. The third kappa shape index (κ3) is 1.33. The van der Waals surface area contributed by atoms with Gasteiger partial charge in [-0.15, -0.1) is 0 Å². The summed E-state index contributed by atoms with van der Waals surface area (Å²) in [7, 11) is 1.63. The van der Waals surface area contributed by atoms with Crippen LogP contribution < -0.4 is 4.74 Å². The van der Waals surface area contributed by atoms with Crippen molar-refractivity contribution in [3.8, 4) is 5.75 Å². The molecule has 2 aliphatic heterocycles. The lowest BCUT2D eigenvalue weighted by molar-refractivity contribution is -0.195. The Morgan fingerprint density at radius 3 is 2.31 bits per heavy atom. The highest BCUT2D eigenvalue weighted by molar-refractivity contribution is 5.30. The molecule has 2 heterocycles. The standard InChI is InChI=1S/C11H12O5/c1-12-9-4-2-8(3-5-9)11-10(13-6-15-11)14-7-16-11/h2-5,10H,6-7H2,1H3. The van der Waals surface area contributed by atoms with E-state index in [1.807, 2.05) is 24.3 Å². The highest BCUT2D eigenvalue weighted by atomic mass is 16.9. The average Bonchev–Trinajstić information content (AvgIpc) is 2.88. The summed E-state index contributed by atoms with van der Waals surface area (Å²) in [4.78, 5) is 0. The highest BCUT2D eigenvalue weighted by Gasteiger charge is 2.54. The Morgan fingerprint density at radius 2 is 1.75 bits per heavy atom. The molecule has 0 amide bonds. The fourth-order valence-corrected chi connectivity index (χ4v) is 1.94. The van der Waals surface area contributed by atoms with Crippen molar-refractivity contribution in [3.63, 3.8) is 0 Å². The predicted octanol–water partition coefficient (Wildman–Crippen LogP) is 1.18. The van der Waals surface area contributed by atoms with Crippen LogP contribution in [0.1, 0.15) is 5.56 Å². The Balaban J connectivity index is 1.95. The molecule has 86 valence electrons. The minimum Gasteiger partial charge on any atom is -0.497 e. The lowest BCUT2D eigenvalue weighted by Gasteiger charge is -2.23. The summed E-state index contributed by atoms with van der Waals surface area (Å²) >= 11 is 0. The van der Waals surface area contributed by atoms with Gasteiger partial charge in [-0.2, -0.15) is 0 Å². The third-order valence-corrected chi connectivity index (χ3v) is 2.79. The second-order valence-electron chi connectivity index (χ2n) is 3.59. The van der Waals surface area contributed by atoms with Crippen LogP contribution >= 0.6 is 0 Å².